The fraction of sp³-hybridized carbons (Fsp3) is 0.474. The van der Waals surface area contributed by atoms with Crippen molar-refractivity contribution in [2.75, 3.05) is 64.4 Å². The number of urea groups is 1. The highest BCUT2D eigenvalue weighted by Gasteiger charge is 2.61. The molecule has 0 aliphatic carbocycles. The highest BCUT2D eigenvalue weighted by Crippen LogP contribution is 2.50. The number of rotatable bonds is 10. The average molecular weight is 744 g/mol. The normalized spacial score (nSPS) is 21.5. The summed E-state index contributed by atoms with van der Waals surface area (Å²) >= 11 is 0. The predicted octanol–water partition coefficient (Wildman–Crippen LogP) is 3.55. The maximum Gasteiger partial charge on any atom is 0.318 e. The van der Waals surface area contributed by atoms with Gasteiger partial charge < -0.3 is 29.3 Å². The Morgan fingerprint density at radius 3 is 2.42 bits per heavy atom. The van der Waals surface area contributed by atoms with E-state index in [4.69, 9.17) is 14.2 Å². The molecular weight excluding hydrogens is 699 g/mol. The summed E-state index contributed by atoms with van der Waals surface area (Å²) in [4.78, 5) is 40.3. The zero-order valence-electron chi connectivity index (χ0n) is 30.7. The number of carbonyl (C=O) groups excluding carboxylic acids is 2. The van der Waals surface area contributed by atoms with E-state index in [1.165, 1.54) is 56.8 Å². The maximum absolute atomic E-state index is 15.2. The highest BCUT2D eigenvalue weighted by molar-refractivity contribution is 7.93. The predicted molar refractivity (Wildman–Crippen MR) is 195 cm³/mol. The third-order valence-electron chi connectivity index (χ3n) is 11.1. The molecule has 4 aliphatic heterocycles. The van der Waals surface area contributed by atoms with Crippen LogP contribution in [0, 0.1) is 16.7 Å². The van der Waals surface area contributed by atoms with E-state index in [9.17, 15) is 18.5 Å². The Kier molecular flexibility index (Phi) is 9.50. The quantitative estimate of drug-likeness (QED) is 0.324. The average Bonchev–Trinajstić information content (AvgIpc) is 3.37. The van der Waals surface area contributed by atoms with Gasteiger partial charge >= 0.3 is 6.03 Å². The van der Waals surface area contributed by atoms with Crippen molar-refractivity contribution in [1.29, 1.82) is 5.26 Å². The molecule has 3 aromatic rings. The lowest BCUT2D eigenvalue weighted by atomic mass is 9.71. The summed E-state index contributed by atoms with van der Waals surface area (Å²) in [5.41, 5.74) is -1.81. The van der Waals surface area contributed by atoms with Crippen molar-refractivity contribution < 1.29 is 32.2 Å². The lowest BCUT2D eigenvalue weighted by Gasteiger charge is -2.62. The Labute approximate surface area is 310 Å². The number of piperidine rings is 1. The monoisotopic (exact) mass is 743 g/mol. The molecule has 53 heavy (non-hydrogen) atoms. The van der Waals surface area contributed by atoms with Crippen molar-refractivity contribution in [3.63, 3.8) is 0 Å². The van der Waals surface area contributed by atoms with Gasteiger partial charge in [-0.15, -0.1) is 0 Å². The smallest absolute Gasteiger partial charge is 0.318 e. The fourth-order valence-electron chi connectivity index (χ4n) is 8.35. The molecule has 15 heteroatoms. The van der Waals surface area contributed by atoms with Gasteiger partial charge in [0.05, 0.1) is 43.7 Å². The van der Waals surface area contributed by atoms with Gasteiger partial charge in [-0.3, -0.25) is 9.69 Å². The summed E-state index contributed by atoms with van der Waals surface area (Å²) in [7, 11) is -1.94. The number of fused-ring (bicyclic) bond motifs is 1. The molecule has 0 bridgehead atoms. The number of hydrogen-bond donors (Lipinski definition) is 1. The molecule has 4 aliphatic rings. The fourth-order valence-corrected chi connectivity index (χ4v) is 9.96. The molecule has 0 radical (unpaired) electrons. The van der Waals surface area contributed by atoms with Crippen LogP contribution in [0.4, 0.5) is 10.5 Å². The molecule has 2 aromatic carbocycles. The summed E-state index contributed by atoms with van der Waals surface area (Å²) in [5, 5.41) is 12.9. The van der Waals surface area contributed by atoms with E-state index in [1.807, 2.05) is 0 Å². The van der Waals surface area contributed by atoms with Crippen molar-refractivity contribution in [3.8, 4) is 23.4 Å². The van der Waals surface area contributed by atoms with Gasteiger partial charge in [0, 0.05) is 61.5 Å². The molecule has 3 saturated heterocycles. The van der Waals surface area contributed by atoms with Crippen molar-refractivity contribution in [2.24, 2.45) is 5.41 Å². The van der Waals surface area contributed by atoms with Crippen LogP contribution in [0.1, 0.15) is 50.3 Å². The molecule has 1 aromatic heterocycles. The number of nitrogens with zero attached hydrogens (tertiary/aromatic N) is 6. The Hall–Kier alpha value is -4.91. The summed E-state index contributed by atoms with van der Waals surface area (Å²) in [6.07, 6.45) is 3.74. The number of amides is 3. The largest absolute Gasteiger partial charge is 0.497 e. The maximum atomic E-state index is 15.2. The minimum absolute atomic E-state index is 0.0308. The highest BCUT2D eigenvalue weighted by atomic mass is 32.2. The molecular formula is C38H45N7O7S. The number of anilines is 1. The lowest BCUT2D eigenvalue weighted by molar-refractivity contribution is -0.124. The van der Waals surface area contributed by atoms with Crippen LogP contribution in [0.5, 0.6) is 17.4 Å². The van der Waals surface area contributed by atoms with Crippen molar-refractivity contribution in [3.05, 3.63) is 71.4 Å². The van der Waals surface area contributed by atoms with E-state index in [2.05, 4.69) is 40.0 Å². The summed E-state index contributed by atoms with van der Waals surface area (Å²) in [5.74, 6) is -0.641. The molecule has 0 unspecified atom stereocenters. The Morgan fingerprint density at radius 1 is 1.04 bits per heavy atom. The first-order chi connectivity index (χ1) is 25.4. The minimum Gasteiger partial charge on any atom is -0.497 e. The van der Waals surface area contributed by atoms with Crippen LogP contribution in [0.15, 0.2) is 59.6 Å². The van der Waals surface area contributed by atoms with Crippen molar-refractivity contribution in [2.45, 2.75) is 56.1 Å². The van der Waals surface area contributed by atoms with Crippen LogP contribution in [-0.2, 0) is 20.4 Å². The third-order valence-corrected chi connectivity index (χ3v) is 12.8. The van der Waals surface area contributed by atoms with Gasteiger partial charge in [0.15, 0.2) is 5.54 Å². The van der Waals surface area contributed by atoms with Gasteiger partial charge in [-0.25, -0.2) is 18.2 Å². The van der Waals surface area contributed by atoms with Gasteiger partial charge in [0.1, 0.15) is 16.4 Å². The molecule has 3 amide bonds. The number of nitriles is 1. The first-order valence-corrected chi connectivity index (χ1v) is 19.3. The second kappa shape index (κ2) is 13.8. The van der Waals surface area contributed by atoms with Crippen LogP contribution in [0.25, 0.3) is 0 Å². The van der Waals surface area contributed by atoms with Crippen LogP contribution in [0.2, 0.25) is 0 Å². The third kappa shape index (κ3) is 6.02. The Bertz CT molecular complexity index is 2060. The van der Waals surface area contributed by atoms with E-state index >= 15 is 4.79 Å². The van der Waals surface area contributed by atoms with E-state index in [0.717, 1.165) is 39.0 Å². The molecule has 7 rings (SSSR count). The number of sulfonamides is 1. The van der Waals surface area contributed by atoms with Crippen LogP contribution in [0.3, 0.4) is 0 Å². The Balaban J connectivity index is 1.24. The van der Waals surface area contributed by atoms with Gasteiger partial charge in [0.25, 0.3) is 15.9 Å². The van der Waals surface area contributed by atoms with E-state index in [0.29, 0.717) is 35.2 Å². The lowest BCUT2D eigenvalue weighted by Crippen LogP contribution is -2.76. The number of benzene rings is 2. The molecule has 1 atom stereocenters. The molecule has 1 spiro atoms. The number of ether oxygens (including phenoxy) is 3. The second-order valence-corrected chi connectivity index (χ2v) is 16.3. The molecule has 14 nitrogen and oxygen atoms in total. The number of pyridine rings is 1. The van der Waals surface area contributed by atoms with E-state index in [1.54, 1.807) is 24.0 Å². The molecule has 1 N–H and O–H groups in total. The number of likely N-dealkylation sites (tertiary alicyclic amines) is 3. The first kappa shape index (κ1) is 36.4. The minimum atomic E-state index is -4.69. The van der Waals surface area contributed by atoms with Crippen molar-refractivity contribution >= 4 is 27.6 Å². The molecule has 280 valence electrons. The number of carbonyl (C=O) groups is 2. The number of hydrogen-bond acceptors (Lipinski definition) is 11. The van der Waals surface area contributed by atoms with Gasteiger partial charge in [-0.1, -0.05) is 0 Å². The number of methoxy groups -OCH3 is 2. The summed E-state index contributed by atoms with van der Waals surface area (Å²) in [6.45, 7) is 11.4. The van der Waals surface area contributed by atoms with Crippen LogP contribution in [-0.4, -0.2) is 112 Å². The van der Waals surface area contributed by atoms with Crippen LogP contribution >= 0.6 is 0 Å². The van der Waals surface area contributed by atoms with Crippen LogP contribution < -0.4 is 23.8 Å². The van der Waals surface area contributed by atoms with E-state index in [-0.39, 0.29) is 50.9 Å². The zero-order chi connectivity index (χ0) is 37.7. The standard InChI is InChI=1S/C38H45N7O7S/c1-6-52-34-29(8-7-15-40-34)38(41-36(47)44-23-37(24-44)21-43(22-37)27-13-16-42(17-14-27)25(2)3)30-18-26(20-39)9-11-31(30)45(35(38)46)53(48,49)33-12-10-28(50-4)19-32(33)51-5/h7-12,15,18-19,25,27H,6,13-14,16-17,21-24H2,1-5H3,(H,41,47)/t38-/m0/s1. The zero-order valence-corrected chi connectivity index (χ0v) is 31.5. The number of aromatic nitrogens is 1. The molecule has 3 fully saturated rings. The van der Waals surface area contributed by atoms with E-state index < -0.39 is 27.5 Å². The number of nitrogens with one attached hydrogen (secondary N) is 1. The summed E-state index contributed by atoms with van der Waals surface area (Å²) < 4.78 is 46.6. The van der Waals surface area contributed by atoms with Gasteiger partial charge in [-0.2, -0.15) is 9.57 Å². The topological polar surface area (TPSA) is 158 Å². The van der Waals surface area contributed by atoms with Crippen molar-refractivity contribution in [1.82, 2.24) is 25.0 Å². The summed E-state index contributed by atoms with van der Waals surface area (Å²) in [6, 6.07) is 14.2. The molecule has 0 saturated carbocycles. The first-order valence-electron chi connectivity index (χ1n) is 17.9. The van der Waals surface area contributed by atoms with Gasteiger partial charge in [0.2, 0.25) is 5.88 Å². The second-order valence-electron chi connectivity index (χ2n) is 14.5. The molecule has 5 heterocycles. The van der Waals surface area contributed by atoms with Gasteiger partial charge in [-0.05, 0) is 89.2 Å². The SMILES string of the molecule is CCOc1ncccc1[C@@]1(NC(=O)N2CC3(C2)CN(C2CCN(C(C)C)CC2)C3)C(=O)N(S(=O)(=O)c2ccc(OC)cc2OC)c2ccc(C#N)cc21. The Morgan fingerprint density at radius 2 is 1.77 bits per heavy atom.